The van der Waals surface area contributed by atoms with Crippen LogP contribution in [0.5, 0.6) is 0 Å². The predicted molar refractivity (Wildman–Crippen MR) is 68.3 cm³/mol. The molecule has 0 unspecified atom stereocenters. The smallest absolute Gasteiger partial charge is 0.145 e. The van der Waals surface area contributed by atoms with Gasteiger partial charge in [0.2, 0.25) is 0 Å². The van der Waals surface area contributed by atoms with Crippen LogP contribution < -0.4 is 16.2 Å². The molecule has 0 saturated heterocycles. The molecule has 0 radical (unpaired) electrons. The van der Waals surface area contributed by atoms with E-state index < -0.39 is 0 Å². The van der Waals surface area contributed by atoms with Gasteiger partial charge in [-0.15, -0.1) is 0 Å². The summed E-state index contributed by atoms with van der Waals surface area (Å²) in [4.78, 5) is 10.0. The van der Waals surface area contributed by atoms with Crippen LogP contribution in [-0.2, 0) is 6.54 Å². The van der Waals surface area contributed by atoms with E-state index in [9.17, 15) is 4.39 Å². The van der Waals surface area contributed by atoms with E-state index >= 15 is 0 Å². The zero-order valence-corrected chi connectivity index (χ0v) is 9.97. The molecule has 0 bridgehead atoms. The molecule has 94 valence electrons. The lowest BCUT2D eigenvalue weighted by molar-refractivity contribution is 0.627. The van der Waals surface area contributed by atoms with E-state index in [1.807, 2.05) is 11.9 Å². The third-order valence-corrected chi connectivity index (χ3v) is 2.52. The number of rotatable bonds is 4. The molecule has 1 aromatic carbocycles. The maximum Gasteiger partial charge on any atom is 0.145 e. The van der Waals surface area contributed by atoms with Crippen LogP contribution in [0.3, 0.4) is 0 Å². The molecule has 1 heterocycles. The minimum Gasteiger partial charge on any atom is -0.355 e. The minimum absolute atomic E-state index is 0.238. The van der Waals surface area contributed by atoms with Crippen LogP contribution in [0.25, 0.3) is 0 Å². The fourth-order valence-corrected chi connectivity index (χ4v) is 1.58. The molecule has 2 aromatic rings. The van der Waals surface area contributed by atoms with Gasteiger partial charge in [0.05, 0.1) is 0 Å². The van der Waals surface area contributed by atoms with Gasteiger partial charge in [-0.3, -0.25) is 0 Å². The molecule has 0 amide bonds. The van der Waals surface area contributed by atoms with Crippen molar-refractivity contribution in [3.05, 3.63) is 48.0 Å². The van der Waals surface area contributed by atoms with E-state index in [-0.39, 0.29) is 5.82 Å². The van der Waals surface area contributed by atoms with Crippen molar-refractivity contribution in [3.8, 4) is 0 Å². The van der Waals surface area contributed by atoms with Crippen molar-refractivity contribution in [2.45, 2.75) is 6.54 Å². The average molecular weight is 247 g/mol. The molecule has 0 fully saturated rings. The van der Waals surface area contributed by atoms with Crippen molar-refractivity contribution >= 4 is 11.6 Å². The zero-order valence-electron chi connectivity index (χ0n) is 9.97. The highest BCUT2D eigenvalue weighted by molar-refractivity contribution is 5.47. The van der Waals surface area contributed by atoms with E-state index in [0.29, 0.717) is 12.4 Å². The summed E-state index contributed by atoms with van der Waals surface area (Å²) in [6, 6.07) is 8.11. The van der Waals surface area contributed by atoms with Crippen molar-refractivity contribution in [1.29, 1.82) is 0 Å². The molecule has 0 spiro atoms. The fourth-order valence-electron chi connectivity index (χ4n) is 1.58. The van der Waals surface area contributed by atoms with Crippen molar-refractivity contribution in [2.75, 3.05) is 17.4 Å². The molecule has 1 aromatic heterocycles. The first-order valence-electron chi connectivity index (χ1n) is 5.43. The molecule has 0 aliphatic rings. The monoisotopic (exact) mass is 247 g/mol. The average Bonchev–Trinajstić information content (AvgIpc) is 2.41. The highest BCUT2D eigenvalue weighted by atomic mass is 19.1. The number of anilines is 2. The van der Waals surface area contributed by atoms with E-state index in [1.54, 1.807) is 18.2 Å². The van der Waals surface area contributed by atoms with Gasteiger partial charge in [-0.1, -0.05) is 12.1 Å². The number of halogens is 1. The van der Waals surface area contributed by atoms with Gasteiger partial charge in [-0.25, -0.2) is 20.2 Å². The van der Waals surface area contributed by atoms with Crippen LogP contribution >= 0.6 is 0 Å². The van der Waals surface area contributed by atoms with Crippen molar-refractivity contribution in [3.63, 3.8) is 0 Å². The summed E-state index contributed by atoms with van der Waals surface area (Å²) in [5.74, 6) is 6.34. The van der Waals surface area contributed by atoms with Crippen LogP contribution in [0.4, 0.5) is 16.0 Å². The maximum absolute atomic E-state index is 12.8. The molecule has 0 aliphatic carbocycles. The third kappa shape index (κ3) is 2.92. The van der Waals surface area contributed by atoms with Gasteiger partial charge in [-0.05, 0) is 17.7 Å². The van der Waals surface area contributed by atoms with Gasteiger partial charge in [0, 0.05) is 19.7 Å². The molecule has 5 nitrogen and oxygen atoms in total. The second-order valence-corrected chi connectivity index (χ2v) is 3.89. The maximum atomic E-state index is 12.8. The Kier molecular flexibility index (Phi) is 3.69. The van der Waals surface area contributed by atoms with Crippen LogP contribution in [-0.4, -0.2) is 17.0 Å². The molecule has 0 aliphatic heterocycles. The molecule has 18 heavy (non-hydrogen) atoms. The van der Waals surface area contributed by atoms with Crippen molar-refractivity contribution < 1.29 is 4.39 Å². The lowest BCUT2D eigenvalue weighted by Crippen LogP contribution is -2.18. The fraction of sp³-hybridized carbons (Fsp3) is 0.167. The van der Waals surface area contributed by atoms with E-state index in [1.165, 1.54) is 18.5 Å². The van der Waals surface area contributed by atoms with E-state index in [0.717, 1.165) is 11.4 Å². The number of benzene rings is 1. The van der Waals surface area contributed by atoms with E-state index in [2.05, 4.69) is 15.4 Å². The van der Waals surface area contributed by atoms with Crippen LogP contribution in [0.2, 0.25) is 0 Å². The molecular weight excluding hydrogens is 233 g/mol. The van der Waals surface area contributed by atoms with E-state index in [4.69, 9.17) is 5.84 Å². The molecule has 3 N–H and O–H groups in total. The number of nitrogens with zero attached hydrogens (tertiary/aromatic N) is 3. The van der Waals surface area contributed by atoms with Gasteiger partial charge >= 0.3 is 0 Å². The van der Waals surface area contributed by atoms with Crippen molar-refractivity contribution in [1.82, 2.24) is 9.97 Å². The molecule has 0 saturated carbocycles. The second-order valence-electron chi connectivity index (χ2n) is 3.89. The normalized spacial score (nSPS) is 10.2. The Morgan fingerprint density at radius 2 is 2.00 bits per heavy atom. The topological polar surface area (TPSA) is 67.1 Å². The standard InChI is InChI=1S/C12H14FN5/c1-18(7-9-2-4-10(13)5-3-9)12-6-11(17-14)15-8-16-12/h2-6,8H,7,14H2,1H3,(H,15,16,17). The van der Waals surface area contributed by atoms with Gasteiger partial charge in [0.25, 0.3) is 0 Å². The zero-order chi connectivity index (χ0) is 13.0. The van der Waals surface area contributed by atoms with Crippen LogP contribution in [0, 0.1) is 5.82 Å². The number of nitrogen functional groups attached to an aromatic ring is 1. The Morgan fingerprint density at radius 3 is 2.67 bits per heavy atom. The summed E-state index contributed by atoms with van der Waals surface area (Å²) in [5.41, 5.74) is 3.47. The molecule has 2 rings (SSSR count). The lowest BCUT2D eigenvalue weighted by Gasteiger charge is -2.18. The number of hydrogen-bond donors (Lipinski definition) is 2. The summed E-state index contributed by atoms with van der Waals surface area (Å²) in [5, 5.41) is 0. The predicted octanol–water partition coefficient (Wildman–Crippen LogP) is 1.54. The Bertz CT molecular complexity index is 514. The molecule has 0 atom stereocenters. The number of hydrazine groups is 1. The first kappa shape index (κ1) is 12.3. The third-order valence-electron chi connectivity index (χ3n) is 2.52. The Morgan fingerprint density at radius 1 is 1.28 bits per heavy atom. The SMILES string of the molecule is CN(Cc1ccc(F)cc1)c1cc(NN)ncn1. The second kappa shape index (κ2) is 5.42. The highest BCUT2D eigenvalue weighted by Gasteiger charge is 2.05. The summed E-state index contributed by atoms with van der Waals surface area (Å²) in [6.07, 6.45) is 1.44. The van der Waals surface area contributed by atoms with Crippen LogP contribution in [0.1, 0.15) is 5.56 Å². The Balaban J connectivity index is 2.11. The van der Waals surface area contributed by atoms with Crippen LogP contribution in [0.15, 0.2) is 36.7 Å². The van der Waals surface area contributed by atoms with Gasteiger partial charge in [0.1, 0.15) is 23.8 Å². The number of aromatic nitrogens is 2. The quantitative estimate of drug-likeness (QED) is 0.633. The Labute approximate surface area is 104 Å². The summed E-state index contributed by atoms with van der Waals surface area (Å²) < 4.78 is 12.8. The highest BCUT2D eigenvalue weighted by Crippen LogP contribution is 2.14. The van der Waals surface area contributed by atoms with Gasteiger partial charge in [0.15, 0.2) is 0 Å². The van der Waals surface area contributed by atoms with Crippen molar-refractivity contribution in [2.24, 2.45) is 5.84 Å². The van der Waals surface area contributed by atoms with Gasteiger partial charge in [-0.2, -0.15) is 0 Å². The van der Waals surface area contributed by atoms with Gasteiger partial charge < -0.3 is 10.3 Å². The lowest BCUT2D eigenvalue weighted by atomic mass is 10.2. The number of nitrogens with one attached hydrogen (secondary N) is 1. The summed E-state index contributed by atoms with van der Waals surface area (Å²) in [6.45, 7) is 0.626. The number of nitrogens with two attached hydrogens (primary N) is 1. The molecule has 6 heteroatoms. The first-order valence-corrected chi connectivity index (χ1v) is 5.43. The first-order chi connectivity index (χ1) is 8.69. The molecular formula is C12H14FN5. The Hall–Kier alpha value is -2.21. The summed E-state index contributed by atoms with van der Waals surface area (Å²) >= 11 is 0. The number of hydrogen-bond acceptors (Lipinski definition) is 5. The minimum atomic E-state index is -0.238. The summed E-state index contributed by atoms with van der Waals surface area (Å²) in [7, 11) is 1.89. The largest absolute Gasteiger partial charge is 0.355 e.